The number of esters is 1. The number of allylic oxidation sites excluding steroid dienone is 1. The second-order valence-electron chi connectivity index (χ2n) is 6.11. The minimum absolute atomic E-state index is 0.107. The van der Waals surface area contributed by atoms with E-state index in [2.05, 4.69) is 16.9 Å². The van der Waals surface area contributed by atoms with Crippen LogP contribution in [0.1, 0.15) is 30.2 Å². The van der Waals surface area contributed by atoms with Crippen LogP contribution in [0.4, 0.5) is 0 Å². The lowest BCUT2D eigenvalue weighted by Crippen LogP contribution is -2.28. The Kier molecular flexibility index (Phi) is 8.25. The lowest BCUT2D eigenvalue weighted by atomic mass is 10.2. The molecule has 0 bridgehead atoms. The lowest BCUT2D eigenvalue weighted by Gasteiger charge is -2.10. The minimum atomic E-state index is -0.265. The van der Waals surface area contributed by atoms with Crippen molar-refractivity contribution in [1.82, 2.24) is 14.9 Å². The molecule has 2 aromatic rings. The van der Waals surface area contributed by atoms with Gasteiger partial charge in [0.15, 0.2) is 5.16 Å². The van der Waals surface area contributed by atoms with Gasteiger partial charge < -0.3 is 10.1 Å². The Balaban J connectivity index is 2.02. The largest absolute Gasteiger partial charge is 0.466 e. The Bertz CT molecular complexity index is 933. The molecule has 0 aliphatic rings. The molecule has 0 fully saturated rings. The average Bonchev–Trinajstić information content (AvgIpc) is 2.94. The van der Waals surface area contributed by atoms with Gasteiger partial charge in [0.1, 0.15) is 4.83 Å². The zero-order valence-electron chi connectivity index (χ0n) is 16.4. The maximum absolute atomic E-state index is 12.9. The van der Waals surface area contributed by atoms with Gasteiger partial charge in [0.05, 0.1) is 17.7 Å². The second kappa shape index (κ2) is 10.4. The summed E-state index contributed by atoms with van der Waals surface area (Å²) >= 11 is 2.70. The summed E-state index contributed by atoms with van der Waals surface area (Å²) in [4.78, 5) is 42.6. The van der Waals surface area contributed by atoms with Crippen LogP contribution < -0.4 is 10.9 Å². The van der Waals surface area contributed by atoms with E-state index in [1.807, 2.05) is 13.8 Å². The molecule has 0 aliphatic heterocycles. The fourth-order valence-electron chi connectivity index (χ4n) is 2.58. The van der Waals surface area contributed by atoms with E-state index in [-0.39, 0.29) is 29.6 Å². The van der Waals surface area contributed by atoms with Crippen molar-refractivity contribution in [3.05, 3.63) is 33.4 Å². The Labute approximate surface area is 172 Å². The van der Waals surface area contributed by atoms with Crippen LogP contribution in [-0.4, -0.2) is 40.3 Å². The van der Waals surface area contributed by atoms with Crippen molar-refractivity contribution < 1.29 is 14.3 Å². The molecule has 2 heterocycles. The zero-order chi connectivity index (χ0) is 20.7. The number of carbonyl (C=O) groups excluding carboxylic acids is 2. The number of amides is 1. The van der Waals surface area contributed by atoms with Gasteiger partial charge >= 0.3 is 5.97 Å². The maximum atomic E-state index is 12.9. The third-order valence-corrected chi connectivity index (χ3v) is 6.16. The smallest absolute Gasteiger partial charge is 0.305 e. The first-order chi connectivity index (χ1) is 13.4. The molecule has 9 heteroatoms. The number of fused-ring (bicyclic) bond motifs is 1. The van der Waals surface area contributed by atoms with Gasteiger partial charge in [0.2, 0.25) is 5.91 Å². The number of hydrogen-bond donors (Lipinski definition) is 1. The standard InChI is InChI=1S/C19H25N3O4S2/c1-5-10-22-18(25)16-12(3)13(4)28-17(16)21-19(22)27-11-14(23)20-9-7-8-15(24)26-6-2/h5H,1,6-11H2,2-4H3,(H,20,23). The molecular formula is C19H25N3O4S2. The van der Waals surface area contributed by atoms with E-state index in [9.17, 15) is 14.4 Å². The SMILES string of the molecule is C=CCn1c(SCC(=O)NCCCC(=O)OCC)nc2sc(C)c(C)c2c1=O. The van der Waals surface area contributed by atoms with Crippen LogP contribution in [0.3, 0.4) is 0 Å². The molecule has 152 valence electrons. The lowest BCUT2D eigenvalue weighted by molar-refractivity contribution is -0.143. The molecular weight excluding hydrogens is 398 g/mol. The van der Waals surface area contributed by atoms with Gasteiger partial charge in [-0.25, -0.2) is 4.98 Å². The highest BCUT2D eigenvalue weighted by molar-refractivity contribution is 7.99. The highest BCUT2D eigenvalue weighted by Gasteiger charge is 2.17. The molecule has 0 spiro atoms. The maximum Gasteiger partial charge on any atom is 0.305 e. The number of aryl methyl sites for hydroxylation is 2. The van der Waals surface area contributed by atoms with Crippen LogP contribution in [0.2, 0.25) is 0 Å². The molecule has 0 saturated carbocycles. The van der Waals surface area contributed by atoms with E-state index >= 15 is 0 Å². The van der Waals surface area contributed by atoms with Crippen LogP contribution in [0.15, 0.2) is 22.6 Å². The van der Waals surface area contributed by atoms with Crippen LogP contribution in [0.5, 0.6) is 0 Å². The first-order valence-corrected chi connectivity index (χ1v) is 10.9. The van der Waals surface area contributed by atoms with Crippen molar-refractivity contribution in [3.63, 3.8) is 0 Å². The summed E-state index contributed by atoms with van der Waals surface area (Å²) in [7, 11) is 0. The number of thioether (sulfide) groups is 1. The third-order valence-electron chi connectivity index (χ3n) is 4.08. The molecule has 0 atom stereocenters. The van der Waals surface area contributed by atoms with E-state index in [0.717, 1.165) is 10.4 Å². The number of hydrogen-bond acceptors (Lipinski definition) is 7. The predicted octanol–water partition coefficient (Wildman–Crippen LogP) is 2.81. The zero-order valence-corrected chi connectivity index (χ0v) is 18.0. The second-order valence-corrected chi connectivity index (χ2v) is 8.26. The van der Waals surface area contributed by atoms with E-state index < -0.39 is 0 Å². The van der Waals surface area contributed by atoms with Gasteiger partial charge in [-0.2, -0.15) is 0 Å². The molecule has 2 rings (SSSR count). The van der Waals surface area contributed by atoms with E-state index in [0.29, 0.717) is 41.5 Å². The first kappa shape index (κ1) is 22.2. The summed E-state index contributed by atoms with van der Waals surface area (Å²) in [5.74, 6) is -0.303. The summed E-state index contributed by atoms with van der Waals surface area (Å²) < 4.78 is 6.39. The number of nitrogens with zero attached hydrogens (tertiary/aromatic N) is 2. The fraction of sp³-hybridized carbons (Fsp3) is 0.474. The molecule has 7 nitrogen and oxygen atoms in total. The summed E-state index contributed by atoms with van der Waals surface area (Å²) in [6, 6.07) is 0. The third kappa shape index (κ3) is 5.45. The first-order valence-electron chi connectivity index (χ1n) is 9.05. The normalized spacial score (nSPS) is 10.8. The van der Waals surface area contributed by atoms with E-state index in [1.54, 1.807) is 17.6 Å². The van der Waals surface area contributed by atoms with Crippen molar-refractivity contribution in [3.8, 4) is 0 Å². The summed E-state index contributed by atoms with van der Waals surface area (Å²) in [5.41, 5.74) is 0.843. The number of nitrogens with one attached hydrogen (secondary N) is 1. The number of aromatic nitrogens is 2. The number of thiophene rings is 1. The number of rotatable bonds is 10. The van der Waals surface area contributed by atoms with Crippen LogP contribution in [0, 0.1) is 13.8 Å². The van der Waals surface area contributed by atoms with Gasteiger partial charge in [-0.05, 0) is 32.8 Å². The fourth-order valence-corrected chi connectivity index (χ4v) is 4.49. The summed E-state index contributed by atoms with van der Waals surface area (Å²) in [6.07, 6.45) is 2.44. The van der Waals surface area contributed by atoms with E-state index in [4.69, 9.17) is 4.74 Å². The van der Waals surface area contributed by atoms with Crippen molar-refractivity contribution in [2.75, 3.05) is 18.9 Å². The van der Waals surface area contributed by atoms with Crippen molar-refractivity contribution in [2.45, 2.75) is 45.3 Å². The number of carbonyl (C=O) groups is 2. The predicted molar refractivity (Wildman–Crippen MR) is 113 cm³/mol. The van der Waals surface area contributed by atoms with Crippen LogP contribution >= 0.6 is 23.1 Å². The molecule has 0 saturated heterocycles. The van der Waals surface area contributed by atoms with Crippen LogP contribution in [-0.2, 0) is 20.9 Å². The Morgan fingerprint density at radius 1 is 1.39 bits per heavy atom. The van der Waals surface area contributed by atoms with Crippen LogP contribution in [0.25, 0.3) is 10.2 Å². The summed E-state index contributed by atoms with van der Waals surface area (Å²) in [6.45, 7) is 10.4. The molecule has 0 aliphatic carbocycles. The average molecular weight is 424 g/mol. The highest BCUT2D eigenvalue weighted by atomic mass is 32.2. The highest BCUT2D eigenvalue weighted by Crippen LogP contribution is 2.28. The molecule has 1 N–H and O–H groups in total. The molecule has 1 amide bonds. The van der Waals surface area contributed by atoms with Crippen molar-refractivity contribution in [1.29, 1.82) is 0 Å². The molecule has 0 unspecified atom stereocenters. The molecule has 0 aromatic carbocycles. The Hall–Kier alpha value is -2.13. The summed E-state index contributed by atoms with van der Waals surface area (Å²) in [5, 5.41) is 3.90. The van der Waals surface area contributed by atoms with Gasteiger partial charge in [-0.1, -0.05) is 17.8 Å². The van der Waals surface area contributed by atoms with Crippen molar-refractivity contribution >= 4 is 45.2 Å². The monoisotopic (exact) mass is 423 g/mol. The molecule has 0 radical (unpaired) electrons. The minimum Gasteiger partial charge on any atom is -0.466 e. The Morgan fingerprint density at radius 2 is 2.14 bits per heavy atom. The topological polar surface area (TPSA) is 90.3 Å². The molecule has 2 aromatic heterocycles. The number of ether oxygens (including phenoxy) is 1. The van der Waals surface area contributed by atoms with Crippen molar-refractivity contribution in [2.24, 2.45) is 0 Å². The Morgan fingerprint density at radius 3 is 2.82 bits per heavy atom. The quantitative estimate of drug-likeness (QED) is 0.208. The van der Waals surface area contributed by atoms with Gasteiger partial charge in [0, 0.05) is 24.4 Å². The van der Waals surface area contributed by atoms with Gasteiger partial charge in [-0.15, -0.1) is 17.9 Å². The van der Waals surface area contributed by atoms with E-state index in [1.165, 1.54) is 23.1 Å². The molecule has 28 heavy (non-hydrogen) atoms. The van der Waals surface area contributed by atoms with Gasteiger partial charge in [0.25, 0.3) is 5.56 Å². The van der Waals surface area contributed by atoms with Gasteiger partial charge in [-0.3, -0.25) is 19.0 Å².